The minimum Gasteiger partial charge on any atom is -0.308 e. The molecule has 0 radical (unpaired) electrons. The number of hydrogen-bond donors (Lipinski definition) is 0. The molecule has 15 heavy (non-hydrogen) atoms. The van der Waals surface area contributed by atoms with Crippen molar-refractivity contribution in [3.63, 3.8) is 0 Å². The van der Waals surface area contributed by atoms with E-state index in [2.05, 4.69) is 35.2 Å². The summed E-state index contributed by atoms with van der Waals surface area (Å²) in [5.41, 5.74) is 2.15. The highest BCUT2D eigenvalue weighted by Gasteiger charge is 2.12. The van der Waals surface area contributed by atoms with E-state index in [1.165, 1.54) is 5.56 Å². The molecule has 80 valence electrons. The minimum absolute atomic E-state index is 0.0386. The van der Waals surface area contributed by atoms with Crippen LogP contribution in [0.4, 0.5) is 5.69 Å². The smallest absolute Gasteiger partial charge is 0.224 e. The lowest BCUT2D eigenvalue weighted by molar-refractivity contribution is -0.116. The number of benzene rings is 1. The second kappa shape index (κ2) is 5.30. The van der Waals surface area contributed by atoms with Gasteiger partial charge in [-0.2, -0.15) is 0 Å². The SMILES string of the molecule is C=CCN(C(C)=O)c1ccc(C)cc1I. The molecular weight excluding hydrogens is 301 g/mol. The van der Waals surface area contributed by atoms with Gasteiger partial charge in [-0.3, -0.25) is 4.79 Å². The molecule has 0 spiro atoms. The van der Waals surface area contributed by atoms with Crippen LogP contribution in [0.25, 0.3) is 0 Å². The molecule has 0 N–H and O–H groups in total. The van der Waals surface area contributed by atoms with Crippen molar-refractivity contribution in [2.45, 2.75) is 13.8 Å². The van der Waals surface area contributed by atoms with Gasteiger partial charge < -0.3 is 4.90 Å². The maximum atomic E-state index is 11.4. The van der Waals surface area contributed by atoms with Gasteiger partial charge in [0.05, 0.1) is 5.69 Å². The number of carbonyl (C=O) groups is 1. The molecule has 0 aliphatic heterocycles. The molecule has 3 heteroatoms. The number of hydrogen-bond acceptors (Lipinski definition) is 1. The predicted octanol–water partition coefficient (Wildman–Crippen LogP) is 3.14. The second-order valence-electron chi connectivity index (χ2n) is 3.37. The van der Waals surface area contributed by atoms with Crippen LogP contribution >= 0.6 is 22.6 Å². The number of rotatable bonds is 3. The highest BCUT2D eigenvalue weighted by molar-refractivity contribution is 14.1. The highest BCUT2D eigenvalue weighted by Crippen LogP contribution is 2.23. The number of nitrogens with zero attached hydrogens (tertiary/aromatic N) is 1. The van der Waals surface area contributed by atoms with Crippen molar-refractivity contribution in [2.75, 3.05) is 11.4 Å². The van der Waals surface area contributed by atoms with Gasteiger partial charge in [0.2, 0.25) is 5.91 Å². The number of aryl methyl sites for hydroxylation is 1. The van der Waals surface area contributed by atoms with Crippen molar-refractivity contribution < 1.29 is 4.79 Å². The second-order valence-corrected chi connectivity index (χ2v) is 4.54. The molecule has 1 rings (SSSR count). The van der Waals surface area contributed by atoms with Crippen LogP contribution in [0.5, 0.6) is 0 Å². The third-order valence-electron chi connectivity index (χ3n) is 2.09. The average Bonchev–Trinajstić information content (AvgIpc) is 2.15. The van der Waals surface area contributed by atoms with Crippen LogP contribution in [-0.4, -0.2) is 12.5 Å². The summed E-state index contributed by atoms with van der Waals surface area (Å²) < 4.78 is 1.09. The fourth-order valence-corrected chi connectivity index (χ4v) is 2.32. The van der Waals surface area contributed by atoms with Gasteiger partial charge in [-0.05, 0) is 47.2 Å². The quantitative estimate of drug-likeness (QED) is 0.620. The van der Waals surface area contributed by atoms with Gasteiger partial charge in [-0.15, -0.1) is 6.58 Å². The molecule has 1 aromatic rings. The number of amides is 1. The molecule has 0 unspecified atom stereocenters. The third kappa shape index (κ3) is 3.06. The molecule has 0 bridgehead atoms. The normalized spacial score (nSPS) is 9.80. The maximum Gasteiger partial charge on any atom is 0.224 e. The van der Waals surface area contributed by atoms with Crippen LogP contribution in [-0.2, 0) is 4.79 Å². The van der Waals surface area contributed by atoms with Crippen molar-refractivity contribution in [1.29, 1.82) is 0 Å². The zero-order valence-corrected chi connectivity index (χ0v) is 11.1. The Morgan fingerprint density at radius 2 is 2.27 bits per heavy atom. The first-order chi connectivity index (χ1) is 7.06. The lowest BCUT2D eigenvalue weighted by Gasteiger charge is -2.21. The first-order valence-corrected chi connectivity index (χ1v) is 5.79. The minimum atomic E-state index is 0.0386. The Labute approximate surface area is 104 Å². The summed E-state index contributed by atoms with van der Waals surface area (Å²) in [6, 6.07) is 6.05. The number of carbonyl (C=O) groups excluding carboxylic acids is 1. The van der Waals surface area contributed by atoms with Gasteiger partial charge in [-0.25, -0.2) is 0 Å². The van der Waals surface area contributed by atoms with Crippen LogP contribution in [0.2, 0.25) is 0 Å². The standard InChI is InChI=1S/C12H14INO/c1-4-7-14(10(3)15)12-6-5-9(2)8-11(12)13/h4-6,8H,1,7H2,2-3H3. The number of anilines is 1. The first kappa shape index (κ1) is 12.2. The molecule has 0 atom stereocenters. The molecule has 0 heterocycles. The van der Waals surface area contributed by atoms with Crippen molar-refractivity contribution in [2.24, 2.45) is 0 Å². The average molecular weight is 315 g/mol. The maximum absolute atomic E-state index is 11.4. The predicted molar refractivity (Wildman–Crippen MR) is 72.1 cm³/mol. The monoisotopic (exact) mass is 315 g/mol. The first-order valence-electron chi connectivity index (χ1n) is 4.71. The summed E-state index contributed by atoms with van der Waals surface area (Å²) in [7, 11) is 0. The van der Waals surface area contributed by atoms with E-state index < -0.39 is 0 Å². The Balaban J connectivity index is 3.10. The Bertz CT molecular complexity index is 387. The van der Waals surface area contributed by atoms with Crippen LogP contribution < -0.4 is 4.90 Å². The Hall–Kier alpha value is -0.840. The van der Waals surface area contributed by atoms with Gasteiger partial charge >= 0.3 is 0 Å². The largest absolute Gasteiger partial charge is 0.308 e. The van der Waals surface area contributed by atoms with Crippen molar-refractivity contribution in [3.8, 4) is 0 Å². The molecule has 1 amide bonds. The lowest BCUT2D eigenvalue weighted by atomic mass is 10.2. The summed E-state index contributed by atoms with van der Waals surface area (Å²) >= 11 is 2.25. The van der Waals surface area contributed by atoms with E-state index in [1.54, 1.807) is 17.9 Å². The summed E-state index contributed by atoms with van der Waals surface area (Å²) in [6.07, 6.45) is 1.73. The molecule has 0 saturated carbocycles. The fraction of sp³-hybridized carbons (Fsp3) is 0.250. The van der Waals surface area contributed by atoms with E-state index in [4.69, 9.17) is 0 Å². The molecular formula is C12H14INO. The van der Waals surface area contributed by atoms with E-state index >= 15 is 0 Å². The summed E-state index contributed by atoms with van der Waals surface area (Å²) in [5.74, 6) is 0.0386. The van der Waals surface area contributed by atoms with Gasteiger partial charge in [0.1, 0.15) is 0 Å². The zero-order chi connectivity index (χ0) is 11.4. The molecule has 0 saturated heterocycles. The third-order valence-corrected chi connectivity index (χ3v) is 2.95. The van der Waals surface area contributed by atoms with Gasteiger partial charge in [0.15, 0.2) is 0 Å². The summed E-state index contributed by atoms with van der Waals surface area (Å²) in [5, 5.41) is 0. The van der Waals surface area contributed by atoms with E-state index in [0.717, 1.165) is 9.26 Å². The van der Waals surface area contributed by atoms with Crippen molar-refractivity contribution in [1.82, 2.24) is 0 Å². The molecule has 0 aliphatic rings. The van der Waals surface area contributed by atoms with E-state index in [9.17, 15) is 4.79 Å². The van der Waals surface area contributed by atoms with E-state index in [0.29, 0.717) is 6.54 Å². The molecule has 0 fully saturated rings. The van der Waals surface area contributed by atoms with Crippen molar-refractivity contribution in [3.05, 3.63) is 40.0 Å². The molecule has 0 aliphatic carbocycles. The van der Waals surface area contributed by atoms with Gasteiger partial charge in [-0.1, -0.05) is 12.1 Å². The van der Waals surface area contributed by atoms with Gasteiger partial charge in [0.25, 0.3) is 0 Å². The van der Waals surface area contributed by atoms with Gasteiger partial charge in [0, 0.05) is 17.0 Å². The lowest BCUT2D eigenvalue weighted by Crippen LogP contribution is -2.29. The molecule has 2 nitrogen and oxygen atoms in total. The zero-order valence-electron chi connectivity index (χ0n) is 8.96. The topological polar surface area (TPSA) is 20.3 Å². The van der Waals surface area contributed by atoms with Crippen LogP contribution in [0.15, 0.2) is 30.9 Å². The summed E-state index contributed by atoms with van der Waals surface area (Å²) in [4.78, 5) is 13.2. The Morgan fingerprint density at radius 1 is 1.60 bits per heavy atom. The van der Waals surface area contributed by atoms with Crippen molar-refractivity contribution >= 4 is 34.2 Å². The Morgan fingerprint density at radius 3 is 2.73 bits per heavy atom. The van der Waals surface area contributed by atoms with E-state index in [-0.39, 0.29) is 5.91 Å². The molecule has 1 aromatic carbocycles. The van der Waals surface area contributed by atoms with E-state index in [1.807, 2.05) is 19.1 Å². The van der Waals surface area contributed by atoms with Crippen LogP contribution in [0.1, 0.15) is 12.5 Å². The Kier molecular flexibility index (Phi) is 4.32. The fourth-order valence-electron chi connectivity index (χ4n) is 1.36. The number of halogens is 1. The van der Waals surface area contributed by atoms with Crippen LogP contribution in [0.3, 0.4) is 0 Å². The summed E-state index contributed by atoms with van der Waals surface area (Å²) in [6.45, 7) is 7.82. The van der Waals surface area contributed by atoms with Crippen LogP contribution in [0, 0.1) is 10.5 Å². The molecule has 0 aromatic heterocycles. The highest BCUT2D eigenvalue weighted by atomic mass is 127.